The summed E-state index contributed by atoms with van der Waals surface area (Å²) in [4.78, 5) is 11.8. The molecule has 3 heterocycles. The van der Waals surface area contributed by atoms with E-state index < -0.39 is 0 Å². The molecule has 0 radical (unpaired) electrons. The van der Waals surface area contributed by atoms with E-state index in [9.17, 15) is 4.79 Å². The molecule has 27 heavy (non-hydrogen) atoms. The molecule has 0 fully saturated rings. The highest BCUT2D eigenvalue weighted by molar-refractivity contribution is 6.35. The van der Waals surface area contributed by atoms with Gasteiger partial charge in [-0.05, 0) is 20.8 Å². The molecule has 0 spiro atoms. The first-order chi connectivity index (χ1) is 12.8. The lowest BCUT2D eigenvalue weighted by Gasteiger charge is -2.07. The van der Waals surface area contributed by atoms with E-state index in [0.717, 1.165) is 28.2 Å². The molecule has 0 atom stereocenters. The Kier molecular flexibility index (Phi) is 5.36. The van der Waals surface area contributed by atoms with Crippen molar-refractivity contribution in [1.82, 2.24) is 29.3 Å². The summed E-state index contributed by atoms with van der Waals surface area (Å²) in [5, 5.41) is 14.0. The summed E-state index contributed by atoms with van der Waals surface area (Å²) in [5.41, 5.74) is 4.80. The fraction of sp³-hybridized carbons (Fsp3) is 0.444. The van der Waals surface area contributed by atoms with Gasteiger partial charge in [0.25, 0.3) is 0 Å². The van der Waals surface area contributed by atoms with Crippen LogP contribution in [0.25, 0.3) is 22.5 Å². The minimum Gasteiger partial charge on any atom is -0.466 e. The predicted octanol–water partition coefficient (Wildman–Crippen LogP) is 2.91. The van der Waals surface area contributed by atoms with E-state index in [1.807, 2.05) is 40.3 Å². The molecular formula is C18H23ClN6O2. The van der Waals surface area contributed by atoms with Gasteiger partial charge >= 0.3 is 5.97 Å². The average molecular weight is 391 g/mol. The van der Waals surface area contributed by atoms with Crippen LogP contribution in [-0.2, 0) is 30.2 Å². The maximum atomic E-state index is 11.8. The van der Waals surface area contributed by atoms with Crippen LogP contribution in [0.2, 0.25) is 5.02 Å². The van der Waals surface area contributed by atoms with E-state index in [4.69, 9.17) is 21.4 Å². The Morgan fingerprint density at radius 3 is 2.19 bits per heavy atom. The lowest BCUT2D eigenvalue weighted by atomic mass is 10.1. The molecule has 144 valence electrons. The summed E-state index contributed by atoms with van der Waals surface area (Å²) in [7, 11) is 3.71. The number of carbonyl (C=O) groups is 1. The first-order valence-electron chi connectivity index (χ1n) is 8.75. The summed E-state index contributed by atoms with van der Waals surface area (Å²) in [5.74, 6) is -0.267. The summed E-state index contributed by atoms with van der Waals surface area (Å²) >= 11 is 6.76. The molecule has 9 heteroatoms. The molecule has 3 aromatic heterocycles. The van der Waals surface area contributed by atoms with Gasteiger partial charge in [-0.2, -0.15) is 15.3 Å². The van der Waals surface area contributed by atoms with Crippen LogP contribution in [0, 0.1) is 13.8 Å². The van der Waals surface area contributed by atoms with Gasteiger partial charge in [0.05, 0.1) is 41.7 Å². The lowest BCUT2D eigenvalue weighted by Crippen LogP contribution is -2.11. The van der Waals surface area contributed by atoms with E-state index in [1.54, 1.807) is 21.0 Å². The molecular weight excluding hydrogens is 368 g/mol. The normalized spacial score (nSPS) is 11.2. The van der Waals surface area contributed by atoms with Crippen LogP contribution >= 0.6 is 11.6 Å². The topological polar surface area (TPSA) is 79.8 Å². The average Bonchev–Trinajstić information content (AvgIpc) is 3.20. The number of hydrogen-bond acceptors (Lipinski definition) is 5. The van der Waals surface area contributed by atoms with Crippen LogP contribution in [-0.4, -0.2) is 41.9 Å². The maximum absolute atomic E-state index is 11.8. The number of esters is 1. The molecule has 0 aliphatic rings. The van der Waals surface area contributed by atoms with Crippen molar-refractivity contribution in [3.05, 3.63) is 28.8 Å². The largest absolute Gasteiger partial charge is 0.466 e. The van der Waals surface area contributed by atoms with Gasteiger partial charge in [0.2, 0.25) is 0 Å². The molecule has 0 N–H and O–H groups in total. The minimum absolute atomic E-state index is 0.212. The Hall–Kier alpha value is -2.61. The summed E-state index contributed by atoms with van der Waals surface area (Å²) in [6.07, 6.45) is 4.00. The van der Waals surface area contributed by atoms with Crippen molar-refractivity contribution in [2.75, 3.05) is 6.61 Å². The monoisotopic (exact) mass is 390 g/mol. The fourth-order valence-electron chi connectivity index (χ4n) is 3.13. The second kappa shape index (κ2) is 7.56. The number of rotatable bonds is 6. The van der Waals surface area contributed by atoms with E-state index in [-0.39, 0.29) is 12.4 Å². The minimum atomic E-state index is -0.267. The molecule has 0 bridgehead atoms. The zero-order valence-corrected chi connectivity index (χ0v) is 16.9. The van der Waals surface area contributed by atoms with Crippen molar-refractivity contribution < 1.29 is 9.53 Å². The van der Waals surface area contributed by atoms with Crippen LogP contribution in [0.15, 0.2) is 12.4 Å². The standard InChI is InChI=1S/C18H23ClN6O2/c1-6-27-15(26)7-8-25-18(14-10-24(5)21-12(14)3)16(19)17(22-25)13-9-23(4)20-11(13)2/h9-10H,6-8H2,1-5H3. The van der Waals surface area contributed by atoms with Crippen LogP contribution in [0.3, 0.4) is 0 Å². The SMILES string of the molecule is CCOC(=O)CCn1nc(-c2cn(C)nc2C)c(Cl)c1-c1cn(C)nc1C. The predicted molar refractivity (Wildman–Crippen MR) is 102 cm³/mol. The quantitative estimate of drug-likeness (QED) is 0.604. The number of hydrogen-bond donors (Lipinski definition) is 0. The molecule has 0 saturated heterocycles. The molecule has 8 nitrogen and oxygen atoms in total. The van der Waals surface area contributed by atoms with Crippen LogP contribution in [0.4, 0.5) is 0 Å². The van der Waals surface area contributed by atoms with E-state index in [0.29, 0.717) is 23.9 Å². The number of ether oxygens (including phenoxy) is 1. The maximum Gasteiger partial charge on any atom is 0.307 e. The molecule has 3 aromatic rings. The third-order valence-corrected chi connectivity index (χ3v) is 4.62. The first kappa shape index (κ1) is 19.2. The molecule has 3 rings (SSSR count). The van der Waals surface area contributed by atoms with Gasteiger partial charge in [0.1, 0.15) is 5.69 Å². The van der Waals surface area contributed by atoms with E-state index >= 15 is 0 Å². The third kappa shape index (κ3) is 3.75. The van der Waals surface area contributed by atoms with E-state index in [1.165, 1.54) is 0 Å². The van der Waals surface area contributed by atoms with Gasteiger partial charge in [-0.1, -0.05) is 11.6 Å². The Balaban J connectivity index is 2.10. The molecule has 0 aliphatic heterocycles. The van der Waals surface area contributed by atoms with Crippen LogP contribution in [0.1, 0.15) is 24.7 Å². The highest BCUT2D eigenvalue weighted by Crippen LogP contribution is 2.38. The molecule has 0 unspecified atom stereocenters. The summed E-state index contributed by atoms with van der Waals surface area (Å²) in [6.45, 7) is 6.34. The van der Waals surface area contributed by atoms with Gasteiger partial charge in [-0.3, -0.25) is 18.8 Å². The van der Waals surface area contributed by atoms with Crippen molar-refractivity contribution in [1.29, 1.82) is 0 Å². The first-order valence-corrected chi connectivity index (χ1v) is 9.12. The second-order valence-corrected chi connectivity index (χ2v) is 6.77. The third-order valence-electron chi connectivity index (χ3n) is 4.26. The lowest BCUT2D eigenvalue weighted by molar-refractivity contribution is -0.143. The van der Waals surface area contributed by atoms with Crippen molar-refractivity contribution in [3.63, 3.8) is 0 Å². The number of carbonyl (C=O) groups excluding carboxylic acids is 1. The second-order valence-electron chi connectivity index (χ2n) is 6.39. The van der Waals surface area contributed by atoms with Crippen molar-refractivity contribution in [2.24, 2.45) is 14.1 Å². The van der Waals surface area contributed by atoms with Gasteiger partial charge < -0.3 is 4.74 Å². The Bertz CT molecular complexity index is 985. The van der Waals surface area contributed by atoms with Crippen molar-refractivity contribution >= 4 is 17.6 Å². The molecule has 0 aliphatic carbocycles. The Labute approximate surface area is 162 Å². The highest BCUT2D eigenvalue weighted by Gasteiger charge is 2.24. The molecule has 0 saturated carbocycles. The Morgan fingerprint density at radius 2 is 1.67 bits per heavy atom. The van der Waals surface area contributed by atoms with Crippen LogP contribution in [0.5, 0.6) is 0 Å². The number of halogens is 1. The summed E-state index contributed by atoms with van der Waals surface area (Å²) in [6, 6.07) is 0. The zero-order valence-electron chi connectivity index (χ0n) is 16.2. The zero-order chi connectivity index (χ0) is 19.7. The van der Waals surface area contributed by atoms with Gasteiger partial charge in [-0.15, -0.1) is 0 Å². The fourth-order valence-corrected chi connectivity index (χ4v) is 3.46. The van der Waals surface area contributed by atoms with Crippen molar-refractivity contribution in [2.45, 2.75) is 33.7 Å². The van der Waals surface area contributed by atoms with Gasteiger partial charge in [0.15, 0.2) is 0 Å². The summed E-state index contributed by atoms with van der Waals surface area (Å²) < 4.78 is 10.3. The highest BCUT2D eigenvalue weighted by atomic mass is 35.5. The molecule has 0 amide bonds. The van der Waals surface area contributed by atoms with Crippen molar-refractivity contribution in [3.8, 4) is 22.5 Å². The number of nitrogens with zero attached hydrogens (tertiary/aromatic N) is 6. The van der Waals surface area contributed by atoms with E-state index in [2.05, 4.69) is 10.2 Å². The smallest absolute Gasteiger partial charge is 0.307 e. The van der Waals surface area contributed by atoms with Gasteiger partial charge in [0, 0.05) is 37.6 Å². The Morgan fingerprint density at radius 1 is 1.07 bits per heavy atom. The van der Waals surface area contributed by atoms with Crippen LogP contribution < -0.4 is 0 Å². The molecule has 0 aromatic carbocycles. The van der Waals surface area contributed by atoms with Gasteiger partial charge in [-0.25, -0.2) is 0 Å². The number of aromatic nitrogens is 6. The number of aryl methyl sites for hydroxylation is 5.